The predicted octanol–water partition coefficient (Wildman–Crippen LogP) is -4.29. The maximum absolute atomic E-state index is 12.2. The molecule has 4 N–H and O–H groups in total. The number of nitrogens with zero attached hydrogens (tertiary/aromatic N) is 2. The van der Waals surface area contributed by atoms with Gasteiger partial charge in [0.15, 0.2) is 0 Å². The van der Waals surface area contributed by atoms with Crippen LogP contribution in [0.1, 0.15) is 6.92 Å². The number of carboxylic acid groups (broad SMARTS) is 2. The van der Waals surface area contributed by atoms with Crippen molar-refractivity contribution in [3.8, 4) is 0 Å². The monoisotopic (exact) mass is 398 g/mol. The second-order valence-corrected chi connectivity index (χ2v) is 5.75. The number of carbonyl (C=O) groups is 8. The molecular formula is C14H14N4O10. The molecule has 0 saturated carbocycles. The highest BCUT2D eigenvalue weighted by Crippen LogP contribution is 2.44. The standard InChI is InChI=1S/C14H14N4O10/c1-3-17-7(21)14(8(17)22)9(23)18(10(14)24)4-16-6(20)13(11(25)26,12(27)28)5(19)15-2/h3-4H2,1-2H3,(H,15,19)(H,16,20)(H,25,26)(H,27,28). The van der Waals surface area contributed by atoms with E-state index in [0.29, 0.717) is 4.90 Å². The van der Waals surface area contributed by atoms with Gasteiger partial charge < -0.3 is 20.8 Å². The summed E-state index contributed by atoms with van der Waals surface area (Å²) in [6, 6.07) is 0. The van der Waals surface area contributed by atoms with Crippen LogP contribution in [0.25, 0.3) is 0 Å². The van der Waals surface area contributed by atoms with Gasteiger partial charge in [0.1, 0.15) is 6.67 Å². The largest absolute Gasteiger partial charge is 0.480 e. The highest BCUT2D eigenvalue weighted by atomic mass is 16.4. The lowest BCUT2D eigenvalue weighted by Gasteiger charge is -2.52. The van der Waals surface area contributed by atoms with Gasteiger partial charge in [-0.15, -0.1) is 0 Å². The zero-order chi connectivity index (χ0) is 21.6. The van der Waals surface area contributed by atoms with Crippen LogP contribution in [0.3, 0.4) is 0 Å². The van der Waals surface area contributed by atoms with Crippen LogP contribution in [0, 0.1) is 10.8 Å². The molecule has 2 heterocycles. The van der Waals surface area contributed by atoms with Crippen molar-refractivity contribution in [3.05, 3.63) is 0 Å². The minimum atomic E-state index is -3.58. The van der Waals surface area contributed by atoms with Crippen LogP contribution in [0.5, 0.6) is 0 Å². The quantitative estimate of drug-likeness (QED) is 0.239. The van der Waals surface area contributed by atoms with Crippen LogP contribution in [-0.2, 0) is 38.4 Å². The Morgan fingerprint density at radius 3 is 1.68 bits per heavy atom. The van der Waals surface area contributed by atoms with E-state index >= 15 is 0 Å². The summed E-state index contributed by atoms with van der Waals surface area (Å²) in [6.45, 7) is 0.358. The number of carboxylic acids is 2. The van der Waals surface area contributed by atoms with Gasteiger partial charge in [0.25, 0.3) is 40.9 Å². The maximum Gasteiger partial charge on any atom is 0.340 e. The van der Waals surface area contributed by atoms with Crippen molar-refractivity contribution >= 4 is 47.4 Å². The summed E-state index contributed by atoms with van der Waals surface area (Å²) < 4.78 is 0. The van der Waals surface area contributed by atoms with E-state index in [2.05, 4.69) is 0 Å². The van der Waals surface area contributed by atoms with Crippen LogP contribution >= 0.6 is 0 Å². The lowest BCUT2D eigenvalue weighted by molar-refractivity contribution is -0.199. The molecule has 0 aromatic heterocycles. The van der Waals surface area contributed by atoms with Gasteiger partial charge in [-0.1, -0.05) is 0 Å². The van der Waals surface area contributed by atoms with Crippen molar-refractivity contribution in [2.75, 3.05) is 20.3 Å². The minimum absolute atomic E-state index is 0.0530. The maximum atomic E-state index is 12.2. The summed E-state index contributed by atoms with van der Waals surface area (Å²) in [5.74, 6) is -12.7. The highest BCUT2D eigenvalue weighted by Gasteiger charge is 2.80. The van der Waals surface area contributed by atoms with Crippen molar-refractivity contribution in [1.82, 2.24) is 20.4 Å². The smallest absolute Gasteiger partial charge is 0.340 e. The molecule has 0 atom stereocenters. The summed E-state index contributed by atoms with van der Waals surface area (Å²) in [6.07, 6.45) is 0. The van der Waals surface area contributed by atoms with E-state index < -0.39 is 64.9 Å². The molecular weight excluding hydrogens is 384 g/mol. The Bertz CT molecular complexity index is 814. The van der Waals surface area contributed by atoms with Gasteiger partial charge in [0, 0.05) is 13.6 Å². The number of amides is 6. The average Bonchev–Trinajstić information content (AvgIpc) is 2.62. The lowest BCUT2D eigenvalue weighted by atomic mass is 9.69. The second-order valence-electron chi connectivity index (χ2n) is 5.75. The Hall–Kier alpha value is -3.84. The van der Waals surface area contributed by atoms with Crippen molar-refractivity contribution in [3.63, 3.8) is 0 Å². The van der Waals surface area contributed by atoms with Gasteiger partial charge in [0.05, 0.1) is 0 Å². The van der Waals surface area contributed by atoms with E-state index in [1.54, 1.807) is 10.6 Å². The number of nitrogens with one attached hydrogen (secondary N) is 2. The van der Waals surface area contributed by atoms with E-state index in [9.17, 15) is 38.4 Å². The topological polar surface area (TPSA) is 208 Å². The van der Waals surface area contributed by atoms with Crippen molar-refractivity contribution < 1.29 is 48.6 Å². The average molecular weight is 398 g/mol. The first kappa shape index (κ1) is 20.5. The van der Waals surface area contributed by atoms with Crippen LogP contribution in [0.2, 0.25) is 0 Å². The summed E-state index contributed by atoms with van der Waals surface area (Å²) in [7, 11) is 0.899. The van der Waals surface area contributed by atoms with E-state index in [1.165, 1.54) is 6.92 Å². The molecule has 14 nitrogen and oxygen atoms in total. The van der Waals surface area contributed by atoms with Crippen LogP contribution in [0.4, 0.5) is 0 Å². The van der Waals surface area contributed by atoms with Crippen LogP contribution in [0.15, 0.2) is 0 Å². The number of β-lactam (4-membered cyclic amide) rings is 4. The molecule has 0 bridgehead atoms. The first-order valence-corrected chi connectivity index (χ1v) is 7.67. The predicted molar refractivity (Wildman–Crippen MR) is 81.5 cm³/mol. The van der Waals surface area contributed by atoms with Gasteiger partial charge in [-0.3, -0.25) is 38.6 Å². The molecule has 6 amide bonds. The number of rotatable bonds is 7. The molecule has 1 spiro atoms. The third kappa shape index (κ3) is 2.07. The van der Waals surface area contributed by atoms with Crippen molar-refractivity contribution in [2.45, 2.75) is 6.92 Å². The Balaban J connectivity index is 2.19. The van der Waals surface area contributed by atoms with E-state index in [1.807, 2.05) is 0 Å². The van der Waals surface area contributed by atoms with Crippen molar-refractivity contribution in [1.29, 1.82) is 0 Å². The Labute approximate surface area is 155 Å². The number of imide groups is 2. The summed E-state index contributed by atoms with van der Waals surface area (Å²) in [5.41, 5.74) is -6.08. The lowest BCUT2D eigenvalue weighted by Crippen LogP contribution is -2.84. The van der Waals surface area contributed by atoms with Crippen molar-refractivity contribution in [2.24, 2.45) is 10.8 Å². The van der Waals surface area contributed by atoms with Gasteiger partial charge in [-0.2, -0.15) is 0 Å². The molecule has 0 aliphatic carbocycles. The highest BCUT2D eigenvalue weighted by molar-refractivity contribution is 6.52. The summed E-state index contributed by atoms with van der Waals surface area (Å²) in [5, 5.41) is 21.7. The van der Waals surface area contributed by atoms with E-state index in [0.717, 1.165) is 7.05 Å². The zero-order valence-corrected chi connectivity index (χ0v) is 14.5. The number of carbonyl (C=O) groups excluding carboxylic acids is 6. The first-order chi connectivity index (χ1) is 13.0. The third-order valence-corrected chi connectivity index (χ3v) is 4.53. The molecule has 28 heavy (non-hydrogen) atoms. The minimum Gasteiger partial charge on any atom is -0.480 e. The molecule has 2 saturated heterocycles. The number of aliphatic carboxylic acids is 2. The second kappa shape index (κ2) is 6.40. The SMILES string of the molecule is CCN1C(=O)C2(C1=O)C(=O)N(CNC(=O)C(C(=O)O)(C(=O)O)C(=O)NC)C2=O. The molecule has 2 aliphatic rings. The molecule has 0 aromatic carbocycles. The van der Waals surface area contributed by atoms with Gasteiger partial charge in [-0.25, -0.2) is 9.59 Å². The summed E-state index contributed by atoms with van der Waals surface area (Å²) in [4.78, 5) is 95.6. The molecule has 0 aromatic rings. The van der Waals surface area contributed by atoms with Gasteiger partial charge in [-0.05, 0) is 6.92 Å². The number of hydrogen-bond donors (Lipinski definition) is 4. The van der Waals surface area contributed by atoms with Gasteiger partial charge >= 0.3 is 17.4 Å². The summed E-state index contributed by atoms with van der Waals surface area (Å²) >= 11 is 0. The fraction of sp³-hybridized carbons (Fsp3) is 0.429. The molecule has 2 aliphatic heterocycles. The molecule has 2 fully saturated rings. The molecule has 2 rings (SSSR count). The van der Waals surface area contributed by atoms with Gasteiger partial charge in [0.2, 0.25) is 0 Å². The molecule has 0 unspecified atom stereocenters. The first-order valence-electron chi connectivity index (χ1n) is 7.67. The fourth-order valence-electron chi connectivity index (χ4n) is 2.92. The Kier molecular flexibility index (Phi) is 4.68. The Morgan fingerprint density at radius 1 is 0.893 bits per heavy atom. The van der Waals surface area contributed by atoms with Crippen LogP contribution in [-0.4, -0.2) is 87.7 Å². The molecule has 14 heteroatoms. The van der Waals surface area contributed by atoms with E-state index in [-0.39, 0.29) is 11.4 Å². The normalized spacial score (nSPS) is 17.8. The number of likely N-dealkylation sites (tertiary alicyclic amines) is 2. The number of hydrogen-bond acceptors (Lipinski definition) is 8. The fourth-order valence-corrected chi connectivity index (χ4v) is 2.92. The zero-order valence-electron chi connectivity index (χ0n) is 14.5. The molecule has 150 valence electrons. The van der Waals surface area contributed by atoms with E-state index in [4.69, 9.17) is 10.2 Å². The van der Waals surface area contributed by atoms with Crippen LogP contribution < -0.4 is 10.6 Å². The molecule has 0 radical (unpaired) electrons. The Morgan fingerprint density at radius 2 is 1.32 bits per heavy atom. The third-order valence-electron chi connectivity index (χ3n) is 4.53.